The van der Waals surface area contributed by atoms with Gasteiger partial charge in [-0.2, -0.15) is 0 Å². The number of hydrogen-bond acceptors (Lipinski definition) is 2. The van der Waals surface area contributed by atoms with E-state index in [4.69, 9.17) is 4.74 Å². The number of hydrogen-bond donors (Lipinski definition) is 1. The Morgan fingerprint density at radius 1 is 1.47 bits per heavy atom. The smallest absolute Gasteiger partial charge is 0.126 e. The van der Waals surface area contributed by atoms with Crippen molar-refractivity contribution in [2.45, 2.75) is 6.42 Å². The molecule has 80 valence electrons. The van der Waals surface area contributed by atoms with Gasteiger partial charge in [-0.1, -0.05) is 27.6 Å². The van der Waals surface area contributed by atoms with Crippen molar-refractivity contribution >= 4 is 22.0 Å². The average molecular weight is 268 g/mol. The summed E-state index contributed by atoms with van der Waals surface area (Å²) in [5.41, 5.74) is 2.58. The van der Waals surface area contributed by atoms with Crippen molar-refractivity contribution in [2.24, 2.45) is 0 Å². The third-order valence-corrected chi connectivity index (χ3v) is 3.02. The lowest BCUT2D eigenvalue weighted by Crippen LogP contribution is -2.04. The highest BCUT2D eigenvalue weighted by atomic mass is 79.9. The second kappa shape index (κ2) is 4.81. The lowest BCUT2D eigenvalue weighted by Gasteiger charge is -2.06. The van der Waals surface area contributed by atoms with E-state index >= 15 is 0 Å². The van der Waals surface area contributed by atoms with Gasteiger partial charge in [0.15, 0.2) is 0 Å². The maximum atomic E-state index is 5.32. The van der Waals surface area contributed by atoms with Crippen LogP contribution in [0.3, 0.4) is 0 Å². The molecule has 1 heterocycles. The summed E-state index contributed by atoms with van der Waals surface area (Å²) in [6.07, 6.45) is 3.35. The van der Waals surface area contributed by atoms with Gasteiger partial charge in [-0.05, 0) is 31.2 Å². The van der Waals surface area contributed by atoms with Gasteiger partial charge in [-0.3, -0.25) is 0 Å². The molecule has 0 aromatic heterocycles. The zero-order valence-electron chi connectivity index (χ0n) is 8.72. The summed E-state index contributed by atoms with van der Waals surface area (Å²) in [4.78, 5) is 0. The van der Waals surface area contributed by atoms with Gasteiger partial charge in [0, 0.05) is 16.6 Å². The highest BCUT2D eigenvalue weighted by molar-refractivity contribution is 9.10. The van der Waals surface area contributed by atoms with E-state index in [0.29, 0.717) is 0 Å². The predicted octanol–water partition coefficient (Wildman–Crippen LogP) is 2.83. The first-order valence-electron chi connectivity index (χ1n) is 5.03. The number of nitrogens with one attached hydrogen (secondary N) is 1. The Morgan fingerprint density at radius 2 is 2.33 bits per heavy atom. The molecule has 1 aliphatic rings. The topological polar surface area (TPSA) is 21.3 Å². The maximum absolute atomic E-state index is 5.32. The second-order valence-corrected chi connectivity index (χ2v) is 4.53. The molecule has 0 spiro atoms. The largest absolute Gasteiger partial charge is 0.496 e. The van der Waals surface area contributed by atoms with Gasteiger partial charge in [0.1, 0.15) is 5.75 Å². The molecule has 0 radical (unpaired) electrons. The van der Waals surface area contributed by atoms with Crippen molar-refractivity contribution in [3.05, 3.63) is 33.8 Å². The number of halogens is 1. The van der Waals surface area contributed by atoms with Crippen LogP contribution in [0.15, 0.2) is 28.2 Å². The van der Waals surface area contributed by atoms with Gasteiger partial charge in [0.25, 0.3) is 0 Å². The minimum absolute atomic E-state index is 0.928. The van der Waals surface area contributed by atoms with Crippen LogP contribution in [0.2, 0.25) is 0 Å². The third-order valence-electron chi connectivity index (χ3n) is 2.53. The lowest BCUT2D eigenvalue weighted by molar-refractivity contribution is 0.413. The quantitative estimate of drug-likeness (QED) is 0.890. The molecule has 2 rings (SSSR count). The Labute approximate surface area is 98.5 Å². The standard InChI is InChI=1S/C12H14BrNO/c1-15-12-3-2-11(13)7-10(12)6-9-4-5-14-8-9/h2-3,6-7,14H,4-5,8H2,1H3. The average Bonchev–Trinajstić information content (AvgIpc) is 2.71. The van der Waals surface area contributed by atoms with Crippen molar-refractivity contribution < 1.29 is 4.74 Å². The molecule has 1 aliphatic heterocycles. The van der Waals surface area contributed by atoms with Crippen LogP contribution in [0, 0.1) is 0 Å². The minimum atomic E-state index is 0.928. The van der Waals surface area contributed by atoms with Crippen LogP contribution in [0.25, 0.3) is 6.08 Å². The van der Waals surface area contributed by atoms with Crippen LogP contribution >= 0.6 is 15.9 Å². The Morgan fingerprint density at radius 3 is 3.00 bits per heavy atom. The molecule has 1 aromatic rings. The Kier molecular flexibility index (Phi) is 3.44. The Hall–Kier alpha value is -0.800. The molecule has 0 atom stereocenters. The Balaban J connectivity index is 2.32. The molecule has 2 nitrogen and oxygen atoms in total. The molecule has 1 aromatic carbocycles. The molecule has 0 aliphatic carbocycles. The van der Waals surface area contributed by atoms with E-state index < -0.39 is 0 Å². The summed E-state index contributed by atoms with van der Waals surface area (Å²) in [6, 6.07) is 6.07. The van der Waals surface area contributed by atoms with Crippen molar-refractivity contribution in [2.75, 3.05) is 20.2 Å². The van der Waals surface area contributed by atoms with E-state index in [9.17, 15) is 0 Å². The summed E-state index contributed by atoms with van der Waals surface area (Å²) in [5, 5.41) is 3.32. The molecule has 15 heavy (non-hydrogen) atoms. The number of benzene rings is 1. The summed E-state index contributed by atoms with van der Waals surface area (Å²) in [5.74, 6) is 0.928. The van der Waals surface area contributed by atoms with Crippen LogP contribution in [0.4, 0.5) is 0 Å². The lowest BCUT2D eigenvalue weighted by atomic mass is 10.1. The van der Waals surface area contributed by atoms with Crippen molar-refractivity contribution in [3.63, 3.8) is 0 Å². The highest BCUT2D eigenvalue weighted by Crippen LogP contribution is 2.26. The summed E-state index contributed by atoms with van der Waals surface area (Å²) >= 11 is 3.47. The van der Waals surface area contributed by atoms with Gasteiger partial charge < -0.3 is 10.1 Å². The van der Waals surface area contributed by atoms with Crippen LogP contribution in [0.1, 0.15) is 12.0 Å². The van der Waals surface area contributed by atoms with Gasteiger partial charge in [-0.25, -0.2) is 0 Å². The molecule has 0 saturated carbocycles. The highest BCUT2D eigenvalue weighted by Gasteiger charge is 2.07. The third kappa shape index (κ3) is 2.61. The van der Waals surface area contributed by atoms with E-state index in [1.165, 1.54) is 5.57 Å². The second-order valence-electron chi connectivity index (χ2n) is 3.62. The first-order valence-corrected chi connectivity index (χ1v) is 5.82. The van der Waals surface area contributed by atoms with Crippen LogP contribution in [-0.2, 0) is 0 Å². The van der Waals surface area contributed by atoms with E-state index in [2.05, 4.69) is 33.4 Å². The molecule has 1 fully saturated rings. The fourth-order valence-electron chi connectivity index (χ4n) is 1.75. The van der Waals surface area contributed by atoms with Crippen LogP contribution < -0.4 is 10.1 Å². The zero-order valence-corrected chi connectivity index (χ0v) is 10.3. The molecular formula is C12H14BrNO. The first kappa shape index (κ1) is 10.7. The number of methoxy groups -OCH3 is 1. The van der Waals surface area contributed by atoms with Crippen LogP contribution in [0.5, 0.6) is 5.75 Å². The zero-order chi connectivity index (χ0) is 10.7. The summed E-state index contributed by atoms with van der Waals surface area (Å²) < 4.78 is 6.41. The summed E-state index contributed by atoms with van der Waals surface area (Å²) in [7, 11) is 1.71. The van der Waals surface area contributed by atoms with Gasteiger partial charge in [0.2, 0.25) is 0 Å². The first-order chi connectivity index (χ1) is 7.29. The van der Waals surface area contributed by atoms with Crippen molar-refractivity contribution in [3.8, 4) is 5.75 Å². The Bertz CT molecular complexity index is 379. The van der Waals surface area contributed by atoms with Gasteiger partial charge in [-0.15, -0.1) is 0 Å². The SMILES string of the molecule is COc1ccc(Br)cc1C=C1CCNC1. The van der Waals surface area contributed by atoms with Crippen molar-refractivity contribution in [1.82, 2.24) is 5.32 Å². The van der Waals surface area contributed by atoms with Gasteiger partial charge >= 0.3 is 0 Å². The predicted molar refractivity (Wildman–Crippen MR) is 66.2 cm³/mol. The molecule has 0 amide bonds. The molecular weight excluding hydrogens is 254 g/mol. The molecule has 1 saturated heterocycles. The summed E-state index contributed by atoms with van der Waals surface area (Å²) in [6.45, 7) is 2.08. The van der Waals surface area contributed by atoms with Crippen LogP contribution in [-0.4, -0.2) is 20.2 Å². The number of ether oxygens (including phenoxy) is 1. The van der Waals surface area contributed by atoms with E-state index in [1.807, 2.05) is 12.1 Å². The molecule has 3 heteroatoms. The van der Waals surface area contributed by atoms with E-state index in [-0.39, 0.29) is 0 Å². The van der Waals surface area contributed by atoms with E-state index in [1.54, 1.807) is 7.11 Å². The van der Waals surface area contributed by atoms with Gasteiger partial charge in [0.05, 0.1) is 7.11 Å². The fourth-order valence-corrected chi connectivity index (χ4v) is 2.13. The molecule has 1 N–H and O–H groups in total. The monoisotopic (exact) mass is 267 g/mol. The van der Waals surface area contributed by atoms with E-state index in [0.717, 1.165) is 35.3 Å². The fraction of sp³-hybridized carbons (Fsp3) is 0.333. The molecule has 0 bridgehead atoms. The molecule has 0 unspecified atom stereocenters. The normalized spacial score (nSPS) is 18.4. The van der Waals surface area contributed by atoms with Crippen molar-refractivity contribution in [1.29, 1.82) is 0 Å². The minimum Gasteiger partial charge on any atom is -0.496 e. The number of rotatable bonds is 2. The maximum Gasteiger partial charge on any atom is 0.126 e.